The lowest BCUT2D eigenvalue weighted by Gasteiger charge is -2.19. The van der Waals surface area contributed by atoms with Crippen molar-refractivity contribution in [3.8, 4) is 0 Å². The zero-order valence-corrected chi connectivity index (χ0v) is 8.03. The van der Waals surface area contributed by atoms with Gasteiger partial charge in [-0.05, 0) is 25.4 Å². The Hall–Kier alpha value is -0.905. The molecule has 0 bridgehead atoms. The fraction of sp³-hybridized carbons (Fsp3) is 0.333. The Balaban J connectivity index is 3.22. The first-order chi connectivity index (χ1) is 6.32. The van der Waals surface area contributed by atoms with Crippen molar-refractivity contribution in [3.63, 3.8) is 0 Å². The van der Waals surface area contributed by atoms with Crippen molar-refractivity contribution in [3.05, 3.63) is 29.6 Å². The molecule has 0 aromatic heterocycles. The molecular formula is C9H12BFO3. The Morgan fingerprint density at radius 1 is 1.29 bits per heavy atom. The summed E-state index contributed by atoms with van der Waals surface area (Å²) in [4.78, 5) is 0. The first kappa shape index (κ1) is 11.2. The Kier molecular flexibility index (Phi) is 2.94. The van der Waals surface area contributed by atoms with E-state index in [4.69, 9.17) is 10.0 Å². The molecule has 0 amide bonds. The van der Waals surface area contributed by atoms with E-state index in [-0.39, 0.29) is 11.0 Å². The van der Waals surface area contributed by atoms with Gasteiger partial charge >= 0.3 is 7.12 Å². The highest BCUT2D eigenvalue weighted by Gasteiger charge is 2.23. The van der Waals surface area contributed by atoms with Gasteiger partial charge in [0.1, 0.15) is 5.82 Å². The summed E-state index contributed by atoms with van der Waals surface area (Å²) in [5.41, 5.74) is -1.14. The van der Waals surface area contributed by atoms with E-state index in [0.717, 1.165) is 6.07 Å². The Morgan fingerprint density at radius 2 is 1.86 bits per heavy atom. The number of hydrogen-bond donors (Lipinski definition) is 3. The van der Waals surface area contributed by atoms with Gasteiger partial charge in [0.15, 0.2) is 0 Å². The average Bonchev–Trinajstić information content (AvgIpc) is 2.02. The molecule has 0 radical (unpaired) electrons. The average molecular weight is 198 g/mol. The predicted molar refractivity (Wildman–Crippen MR) is 51.5 cm³/mol. The lowest BCUT2D eigenvalue weighted by Crippen LogP contribution is -2.32. The lowest BCUT2D eigenvalue weighted by molar-refractivity contribution is 0.0746. The number of hydrogen-bond acceptors (Lipinski definition) is 3. The summed E-state index contributed by atoms with van der Waals surface area (Å²) in [6, 6.07) is 3.59. The van der Waals surface area contributed by atoms with Crippen LogP contribution in [0.3, 0.4) is 0 Å². The minimum absolute atomic E-state index is 0.0445. The first-order valence-electron chi connectivity index (χ1n) is 4.21. The van der Waals surface area contributed by atoms with Gasteiger partial charge in [-0.3, -0.25) is 0 Å². The first-order valence-corrected chi connectivity index (χ1v) is 4.21. The van der Waals surface area contributed by atoms with Crippen molar-refractivity contribution in [1.29, 1.82) is 0 Å². The highest BCUT2D eigenvalue weighted by atomic mass is 19.1. The van der Waals surface area contributed by atoms with E-state index >= 15 is 0 Å². The topological polar surface area (TPSA) is 60.7 Å². The van der Waals surface area contributed by atoms with Crippen molar-refractivity contribution in [1.82, 2.24) is 0 Å². The zero-order valence-electron chi connectivity index (χ0n) is 8.03. The third-order valence-electron chi connectivity index (χ3n) is 1.95. The van der Waals surface area contributed by atoms with E-state index < -0.39 is 18.5 Å². The van der Waals surface area contributed by atoms with Gasteiger partial charge in [0.05, 0.1) is 5.60 Å². The van der Waals surface area contributed by atoms with E-state index in [1.54, 1.807) is 0 Å². The molecule has 0 atom stereocenters. The summed E-state index contributed by atoms with van der Waals surface area (Å²) >= 11 is 0. The van der Waals surface area contributed by atoms with Gasteiger partial charge in [-0.15, -0.1) is 0 Å². The molecule has 3 nitrogen and oxygen atoms in total. The van der Waals surface area contributed by atoms with Crippen LogP contribution in [0, 0.1) is 5.82 Å². The maximum Gasteiger partial charge on any atom is 0.488 e. The minimum Gasteiger partial charge on any atom is -0.423 e. The highest BCUT2D eigenvalue weighted by molar-refractivity contribution is 6.58. The minimum atomic E-state index is -1.66. The van der Waals surface area contributed by atoms with Gasteiger partial charge < -0.3 is 15.2 Å². The summed E-state index contributed by atoms with van der Waals surface area (Å²) in [5, 5.41) is 27.3. The smallest absolute Gasteiger partial charge is 0.423 e. The quantitative estimate of drug-likeness (QED) is 0.573. The van der Waals surface area contributed by atoms with Crippen LogP contribution in [0.2, 0.25) is 0 Å². The van der Waals surface area contributed by atoms with Crippen LogP contribution >= 0.6 is 0 Å². The van der Waals surface area contributed by atoms with Gasteiger partial charge in [-0.25, -0.2) is 4.39 Å². The Bertz CT molecular complexity index is 333. The zero-order chi connectivity index (χ0) is 10.9. The molecule has 14 heavy (non-hydrogen) atoms. The predicted octanol–water partition coefficient (Wildman–Crippen LogP) is -0.267. The highest BCUT2D eigenvalue weighted by Crippen LogP contribution is 2.21. The molecule has 0 saturated carbocycles. The summed E-state index contributed by atoms with van der Waals surface area (Å²) in [6.45, 7) is 2.86. The van der Waals surface area contributed by atoms with Gasteiger partial charge in [0, 0.05) is 5.56 Å². The fourth-order valence-electron chi connectivity index (χ4n) is 1.17. The van der Waals surface area contributed by atoms with Crippen molar-refractivity contribution < 1.29 is 19.5 Å². The second-order valence-electron chi connectivity index (χ2n) is 3.67. The summed E-state index contributed by atoms with van der Waals surface area (Å²) in [5.74, 6) is -0.568. The molecule has 0 fully saturated rings. The molecule has 0 heterocycles. The SMILES string of the molecule is CC(C)(O)c1cc(B(O)O)ccc1F. The molecule has 0 saturated heterocycles. The number of halogens is 1. The molecule has 0 spiro atoms. The largest absolute Gasteiger partial charge is 0.488 e. The van der Waals surface area contributed by atoms with Gasteiger partial charge in [0.2, 0.25) is 0 Å². The molecule has 0 aliphatic carbocycles. The fourth-order valence-corrected chi connectivity index (χ4v) is 1.17. The maximum absolute atomic E-state index is 13.2. The Labute approximate surface area is 82.0 Å². The van der Waals surface area contributed by atoms with Gasteiger partial charge in [-0.2, -0.15) is 0 Å². The summed E-state index contributed by atoms with van der Waals surface area (Å²) in [7, 11) is -1.66. The van der Waals surface area contributed by atoms with Crippen molar-refractivity contribution in [2.75, 3.05) is 0 Å². The number of aliphatic hydroxyl groups is 1. The van der Waals surface area contributed by atoms with E-state index in [2.05, 4.69) is 0 Å². The normalized spacial score (nSPS) is 11.6. The second kappa shape index (κ2) is 3.69. The van der Waals surface area contributed by atoms with Crippen LogP contribution in [0.4, 0.5) is 4.39 Å². The molecular weight excluding hydrogens is 186 g/mol. The Morgan fingerprint density at radius 3 is 2.29 bits per heavy atom. The molecule has 3 N–H and O–H groups in total. The van der Waals surface area contributed by atoms with Crippen molar-refractivity contribution in [2.45, 2.75) is 19.4 Å². The van der Waals surface area contributed by atoms with Crippen molar-refractivity contribution in [2.24, 2.45) is 0 Å². The standard InChI is InChI=1S/C9H12BFO3/c1-9(2,12)7-5-6(10(13)14)3-4-8(7)11/h3-5,12-14H,1-2H3. The van der Waals surface area contributed by atoms with Gasteiger partial charge in [-0.1, -0.05) is 12.1 Å². The monoisotopic (exact) mass is 198 g/mol. The van der Waals surface area contributed by atoms with E-state index in [9.17, 15) is 9.50 Å². The third-order valence-corrected chi connectivity index (χ3v) is 1.95. The molecule has 1 aromatic rings. The molecule has 0 aliphatic rings. The molecule has 1 aromatic carbocycles. The summed E-state index contributed by atoms with van der Waals surface area (Å²) < 4.78 is 13.2. The van der Waals surface area contributed by atoms with Crippen LogP contribution in [0.5, 0.6) is 0 Å². The molecule has 5 heteroatoms. The number of benzene rings is 1. The van der Waals surface area contributed by atoms with Crippen LogP contribution in [-0.4, -0.2) is 22.3 Å². The lowest BCUT2D eigenvalue weighted by atomic mass is 9.78. The number of rotatable bonds is 2. The van der Waals surface area contributed by atoms with Crippen LogP contribution < -0.4 is 5.46 Å². The van der Waals surface area contributed by atoms with Crippen LogP contribution in [0.25, 0.3) is 0 Å². The third kappa shape index (κ3) is 2.32. The van der Waals surface area contributed by atoms with E-state index in [1.165, 1.54) is 26.0 Å². The van der Waals surface area contributed by atoms with Crippen LogP contribution in [0.15, 0.2) is 18.2 Å². The maximum atomic E-state index is 13.2. The van der Waals surface area contributed by atoms with E-state index in [0.29, 0.717) is 0 Å². The molecule has 1 rings (SSSR count). The van der Waals surface area contributed by atoms with E-state index in [1.807, 2.05) is 0 Å². The molecule has 0 unspecified atom stereocenters. The van der Waals surface area contributed by atoms with Gasteiger partial charge in [0.25, 0.3) is 0 Å². The molecule has 0 aliphatic heterocycles. The molecule has 76 valence electrons. The van der Waals surface area contributed by atoms with Crippen LogP contribution in [-0.2, 0) is 5.60 Å². The second-order valence-corrected chi connectivity index (χ2v) is 3.67. The van der Waals surface area contributed by atoms with Crippen molar-refractivity contribution >= 4 is 12.6 Å². The van der Waals surface area contributed by atoms with Crippen LogP contribution in [0.1, 0.15) is 19.4 Å². The summed E-state index contributed by atoms with van der Waals surface area (Å²) in [6.07, 6.45) is 0.